The number of carbonyl (C=O) groups is 1. The second kappa shape index (κ2) is 6.77. The lowest BCUT2D eigenvalue weighted by Crippen LogP contribution is -2.61. The zero-order valence-electron chi connectivity index (χ0n) is 22.1. The molecule has 4 saturated carbocycles. The molecule has 0 aliphatic heterocycles. The van der Waals surface area contributed by atoms with Crippen LogP contribution in [0.4, 0.5) is 0 Å². The van der Waals surface area contributed by atoms with E-state index in [9.17, 15) is 15.0 Å². The van der Waals surface area contributed by atoms with Crippen molar-refractivity contribution < 1.29 is 15.0 Å². The molecule has 8 unspecified atom stereocenters. The van der Waals surface area contributed by atoms with Gasteiger partial charge in [0.05, 0.1) is 11.5 Å². The lowest BCUT2D eigenvalue weighted by molar-refractivity contribution is -0.155. The second-order valence-electron chi connectivity index (χ2n) is 14.5. The van der Waals surface area contributed by atoms with E-state index in [0.29, 0.717) is 11.8 Å². The Labute approximate surface area is 201 Å². The zero-order chi connectivity index (χ0) is 24.2. The molecule has 0 heterocycles. The highest BCUT2D eigenvalue weighted by Gasteiger charge is 2.66. The van der Waals surface area contributed by atoms with Gasteiger partial charge in [-0.25, -0.2) is 0 Å². The van der Waals surface area contributed by atoms with Gasteiger partial charge in [-0.05, 0) is 104 Å². The third-order valence-corrected chi connectivity index (χ3v) is 12.7. The predicted molar refractivity (Wildman–Crippen MR) is 133 cm³/mol. The van der Waals surface area contributed by atoms with Gasteiger partial charge in [-0.15, -0.1) is 0 Å². The van der Waals surface area contributed by atoms with Crippen LogP contribution in [0.25, 0.3) is 0 Å². The summed E-state index contributed by atoms with van der Waals surface area (Å²) in [5.74, 6) is 0.244. The molecule has 5 aliphatic rings. The van der Waals surface area contributed by atoms with E-state index in [4.69, 9.17) is 0 Å². The Kier molecular flexibility index (Phi) is 4.85. The first-order valence-corrected chi connectivity index (χ1v) is 13.5. The molecular weight excluding hydrogens is 408 g/mol. The maximum atomic E-state index is 12.2. The quantitative estimate of drug-likeness (QED) is 0.442. The van der Waals surface area contributed by atoms with E-state index in [-0.39, 0.29) is 33.2 Å². The van der Waals surface area contributed by atoms with Gasteiger partial charge in [0, 0.05) is 0 Å². The molecule has 5 rings (SSSR count). The van der Waals surface area contributed by atoms with Crippen molar-refractivity contribution in [3.63, 3.8) is 0 Å². The van der Waals surface area contributed by atoms with Crippen molar-refractivity contribution in [1.82, 2.24) is 0 Å². The Balaban J connectivity index is 1.62. The average Bonchev–Trinajstić information content (AvgIpc) is 2.73. The first-order valence-electron chi connectivity index (χ1n) is 13.5. The van der Waals surface area contributed by atoms with E-state index >= 15 is 0 Å². The summed E-state index contributed by atoms with van der Waals surface area (Å²) in [7, 11) is 0. The number of carboxylic acids is 1. The van der Waals surface area contributed by atoms with Crippen LogP contribution < -0.4 is 0 Å². The van der Waals surface area contributed by atoms with Crippen molar-refractivity contribution in [2.45, 2.75) is 112 Å². The van der Waals surface area contributed by atoms with Crippen molar-refractivity contribution in [2.75, 3.05) is 0 Å². The molecule has 3 heteroatoms. The molecule has 3 nitrogen and oxygen atoms in total. The summed E-state index contributed by atoms with van der Waals surface area (Å²) < 4.78 is 0. The molecule has 0 bridgehead atoms. The number of rotatable bonds is 1. The number of fused-ring (bicyclic) bond motifs is 7. The van der Waals surface area contributed by atoms with Gasteiger partial charge in [0.25, 0.3) is 0 Å². The molecule has 2 N–H and O–H groups in total. The smallest absolute Gasteiger partial charge is 0.309 e. The van der Waals surface area contributed by atoms with E-state index in [2.05, 4.69) is 53.7 Å². The summed E-state index contributed by atoms with van der Waals surface area (Å²) in [5.41, 5.74) is 3.05. The van der Waals surface area contributed by atoms with Gasteiger partial charge in [-0.1, -0.05) is 64.8 Å². The molecule has 0 aromatic heterocycles. The number of aliphatic carboxylic acids is 1. The van der Waals surface area contributed by atoms with Crippen LogP contribution in [0.3, 0.4) is 0 Å². The minimum absolute atomic E-state index is 0.0577. The number of aliphatic hydroxyl groups excluding tert-OH is 1. The Bertz CT molecular complexity index is 944. The van der Waals surface area contributed by atoms with Crippen molar-refractivity contribution in [3.8, 4) is 0 Å². The first kappa shape index (κ1) is 23.6. The second-order valence-corrected chi connectivity index (χ2v) is 14.5. The minimum Gasteiger partial charge on any atom is -0.481 e. The lowest BCUT2D eigenvalue weighted by atomic mass is 9.36. The van der Waals surface area contributed by atoms with Crippen LogP contribution in [-0.2, 0) is 4.79 Å². The number of allylic oxidation sites excluding steroid dienone is 4. The number of aliphatic hydroxyl groups is 1. The molecular formula is C30H46O3. The van der Waals surface area contributed by atoms with Crippen LogP contribution in [0.15, 0.2) is 23.3 Å². The van der Waals surface area contributed by atoms with Crippen LogP contribution in [-0.4, -0.2) is 22.3 Å². The summed E-state index contributed by atoms with van der Waals surface area (Å²) in [4.78, 5) is 12.2. The van der Waals surface area contributed by atoms with Gasteiger partial charge in [0.1, 0.15) is 0 Å². The summed E-state index contributed by atoms with van der Waals surface area (Å²) >= 11 is 0. The summed E-state index contributed by atoms with van der Waals surface area (Å²) in [6, 6.07) is 0. The topological polar surface area (TPSA) is 57.5 Å². The summed E-state index contributed by atoms with van der Waals surface area (Å²) in [6.07, 6.45) is 14.0. The summed E-state index contributed by atoms with van der Waals surface area (Å²) in [6.45, 7) is 16.5. The van der Waals surface area contributed by atoms with Gasteiger partial charge >= 0.3 is 5.97 Å². The van der Waals surface area contributed by atoms with E-state index in [0.717, 1.165) is 32.1 Å². The number of hydrogen-bond donors (Lipinski definition) is 2. The Morgan fingerprint density at radius 3 is 2.18 bits per heavy atom. The van der Waals surface area contributed by atoms with Gasteiger partial charge < -0.3 is 10.2 Å². The molecule has 5 aliphatic carbocycles. The van der Waals surface area contributed by atoms with Gasteiger partial charge in [0.15, 0.2) is 0 Å². The molecule has 184 valence electrons. The van der Waals surface area contributed by atoms with Gasteiger partial charge in [-0.2, -0.15) is 0 Å². The highest BCUT2D eigenvalue weighted by molar-refractivity contribution is 5.74. The minimum atomic E-state index is -0.619. The third kappa shape index (κ3) is 2.81. The van der Waals surface area contributed by atoms with E-state index in [1.165, 1.54) is 25.7 Å². The van der Waals surface area contributed by atoms with Crippen LogP contribution in [0.1, 0.15) is 106 Å². The fraction of sp³-hybridized carbons (Fsp3) is 0.833. The number of hydrogen-bond acceptors (Lipinski definition) is 2. The average molecular weight is 455 g/mol. The monoisotopic (exact) mass is 454 g/mol. The zero-order valence-corrected chi connectivity index (χ0v) is 22.1. The van der Waals surface area contributed by atoms with Gasteiger partial charge in [-0.3, -0.25) is 4.79 Å². The number of carboxylic acid groups (broad SMARTS) is 1. The first-order chi connectivity index (χ1) is 15.1. The molecule has 0 radical (unpaired) electrons. The van der Waals surface area contributed by atoms with Crippen molar-refractivity contribution in [2.24, 2.45) is 44.3 Å². The fourth-order valence-corrected chi connectivity index (χ4v) is 9.84. The molecule has 8 atom stereocenters. The lowest BCUT2D eigenvalue weighted by Gasteiger charge is -2.68. The maximum Gasteiger partial charge on any atom is 0.309 e. The molecule has 0 saturated heterocycles. The van der Waals surface area contributed by atoms with E-state index in [1.807, 2.05) is 6.92 Å². The van der Waals surface area contributed by atoms with E-state index < -0.39 is 11.4 Å². The van der Waals surface area contributed by atoms with Crippen molar-refractivity contribution in [1.29, 1.82) is 0 Å². The highest BCUT2D eigenvalue weighted by atomic mass is 16.4. The van der Waals surface area contributed by atoms with Crippen LogP contribution >= 0.6 is 0 Å². The SMILES string of the molecule is CC1(C(=O)O)CCC2(C)CCC3(C)C(=CC=C4C5(C)CCC(O)C(C)(C)C5CCC43C)C2C1. The summed E-state index contributed by atoms with van der Waals surface area (Å²) in [5, 5.41) is 20.9. The molecule has 0 aromatic carbocycles. The predicted octanol–water partition coefficient (Wildman–Crippen LogP) is 7.15. The maximum absolute atomic E-state index is 12.2. The Hall–Kier alpha value is -1.09. The van der Waals surface area contributed by atoms with Crippen LogP contribution in [0.5, 0.6) is 0 Å². The normalized spacial score (nSPS) is 52.9. The van der Waals surface area contributed by atoms with Gasteiger partial charge in [0.2, 0.25) is 0 Å². The molecule has 0 amide bonds. The Morgan fingerprint density at radius 2 is 1.52 bits per heavy atom. The molecule has 0 aromatic rings. The van der Waals surface area contributed by atoms with Crippen molar-refractivity contribution in [3.05, 3.63) is 23.3 Å². The standard InChI is InChI=1S/C30H46O3/c1-25(2)21-10-13-30(7)22(28(21,5)12-11-23(25)31)9-8-19-20-18-27(4,24(32)33)15-14-26(20,3)16-17-29(19,30)6/h8-9,20-21,23,31H,10-18H2,1-7H3,(H,32,33). The Morgan fingerprint density at radius 1 is 0.848 bits per heavy atom. The third-order valence-electron chi connectivity index (χ3n) is 12.7. The van der Waals surface area contributed by atoms with Crippen LogP contribution in [0, 0.1) is 44.3 Å². The fourth-order valence-electron chi connectivity index (χ4n) is 9.84. The van der Waals surface area contributed by atoms with Crippen molar-refractivity contribution >= 4 is 5.97 Å². The van der Waals surface area contributed by atoms with E-state index in [1.54, 1.807) is 11.1 Å². The van der Waals surface area contributed by atoms with Crippen LogP contribution in [0.2, 0.25) is 0 Å². The molecule has 0 spiro atoms. The molecule has 33 heavy (non-hydrogen) atoms. The highest BCUT2D eigenvalue weighted by Crippen LogP contribution is 2.74. The largest absolute Gasteiger partial charge is 0.481 e. The molecule has 4 fully saturated rings.